The zero-order chi connectivity index (χ0) is 26.2. The first-order valence-corrected chi connectivity index (χ1v) is 12.1. The van der Waals surface area contributed by atoms with Crippen molar-refractivity contribution in [1.29, 1.82) is 0 Å². The summed E-state index contributed by atoms with van der Waals surface area (Å²) < 4.78 is 8.43. The Bertz CT molecular complexity index is 1760. The van der Waals surface area contributed by atoms with E-state index in [0.29, 0.717) is 35.4 Å². The van der Waals surface area contributed by atoms with Gasteiger partial charge in [0.2, 0.25) is 0 Å². The average molecular weight is 507 g/mol. The van der Waals surface area contributed by atoms with Crippen LogP contribution in [0, 0.1) is 0 Å². The Labute approximate surface area is 216 Å². The fourth-order valence-electron chi connectivity index (χ4n) is 4.99. The molecule has 3 aromatic heterocycles. The molecule has 38 heavy (non-hydrogen) atoms. The van der Waals surface area contributed by atoms with E-state index in [2.05, 4.69) is 0 Å². The predicted octanol–water partition coefficient (Wildman–Crippen LogP) is 4.06. The molecule has 0 saturated heterocycles. The van der Waals surface area contributed by atoms with Crippen LogP contribution in [0.4, 0.5) is 0 Å². The molecule has 6 rings (SSSR count). The summed E-state index contributed by atoms with van der Waals surface area (Å²) >= 11 is 0. The first-order chi connectivity index (χ1) is 18.5. The van der Waals surface area contributed by atoms with Gasteiger partial charge in [-0.3, -0.25) is 9.59 Å². The minimum atomic E-state index is -1.10. The predicted molar refractivity (Wildman–Crippen MR) is 139 cm³/mol. The molecule has 9 heteroatoms. The van der Waals surface area contributed by atoms with E-state index in [1.165, 1.54) is 10.7 Å². The zero-order valence-corrected chi connectivity index (χ0v) is 20.2. The van der Waals surface area contributed by atoms with Gasteiger partial charge in [-0.25, -0.2) is 14.0 Å². The standard InChI is InChI=1S/C29H22N4O5/c34-25-15-13-21(27-22-10-4-5-16-32(22)31-28(27)18-7-2-1-3-8-18)30-33(25)23-14-12-19-20(29(23)37)9-6-11-24(19)38-17-26(35)36/h1-11,13,15-16,23H,12,14,17H2,(H,35,36). The van der Waals surface area contributed by atoms with Crippen molar-refractivity contribution < 1.29 is 19.4 Å². The topological polar surface area (TPSA) is 116 Å². The number of fused-ring (bicyclic) bond motifs is 2. The second-order valence-electron chi connectivity index (χ2n) is 9.00. The summed E-state index contributed by atoms with van der Waals surface area (Å²) in [5.74, 6) is -0.996. The van der Waals surface area contributed by atoms with Crippen molar-refractivity contribution in [2.45, 2.75) is 18.9 Å². The quantitative estimate of drug-likeness (QED) is 0.369. The van der Waals surface area contributed by atoms with Crippen molar-refractivity contribution in [3.63, 3.8) is 0 Å². The molecule has 5 aromatic rings. The minimum Gasteiger partial charge on any atom is -0.482 e. The van der Waals surface area contributed by atoms with Gasteiger partial charge in [-0.1, -0.05) is 48.5 Å². The van der Waals surface area contributed by atoms with Crippen molar-refractivity contribution >= 4 is 17.3 Å². The summed E-state index contributed by atoms with van der Waals surface area (Å²) in [4.78, 5) is 37.5. The van der Waals surface area contributed by atoms with Crippen LogP contribution in [0.2, 0.25) is 0 Å². The van der Waals surface area contributed by atoms with E-state index < -0.39 is 18.6 Å². The number of ether oxygens (including phenoxy) is 1. The van der Waals surface area contributed by atoms with Gasteiger partial charge < -0.3 is 9.84 Å². The molecular weight excluding hydrogens is 484 g/mol. The highest BCUT2D eigenvalue weighted by Gasteiger charge is 2.32. The number of hydrogen-bond acceptors (Lipinski definition) is 6. The lowest BCUT2D eigenvalue weighted by atomic mass is 9.86. The number of ketones is 1. The maximum Gasteiger partial charge on any atom is 0.341 e. The van der Waals surface area contributed by atoms with E-state index in [9.17, 15) is 14.4 Å². The number of rotatable bonds is 6. The number of hydrogen-bond donors (Lipinski definition) is 1. The maximum atomic E-state index is 13.6. The van der Waals surface area contributed by atoms with Gasteiger partial charge in [0.1, 0.15) is 17.5 Å². The lowest BCUT2D eigenvalue weighted by Crippen LogP contribution is -2.35. The monoisotopic (exact) mass is 506 g/mol. The van der Waals surface area contributed by atoms with Gasteiger partial charge >= 0.3 is 5.97 Å². The normalized spacial score (nSPS) is 14.8. The van der Waals surface area contributed by atoms with E-state index in [-0.39, 0.29) is 11.3 Å². The van der Waals surface area contributed by atoms with Crippen molar-refractivity contribution in [3.8, 4) is 28.3 Å². The summed E-state index contributed by atoms with van der Waals surface area (Å²) in [6.07, 6.45) is 2.62. The second kappa shape index (κ2) is 9.44. The van der Waals surface area contributed by atoms with E-state index in [4.69, 9.17) is 20.0 Å². The molecule has 9 nitrogen and oxygen atoms in total. The Hall–Kier alpha value is -5.05. The Balaban J connectivity index is 1.44. The Morgan fingerprint density at radius 1 is 0.947 bits per heavy atom. The highest BCUT2D eigenvalue weighted by atomic mass is 16.5. The molecule has 0 saturated carbocycles. The van der Waals surface area contributed by atoms with E-state index >= 15 is 0 Å². The maximum absolute atomic E-state index is 13.6. The molecule has 1 N–H and O–H groups in total. The third kappa shape index (κ3) is 4.03. The number of aromatic nitrogens is 4. The number of benzene rings is 2. The van der Waals surface area contributed by atoms with Crippen LogP contribution in [0.3, 0.4) is 0 Å². The molecule has 3 heterocycles. The summed E-state index contributed by atoms with van der Waals surface area (Å²) in [6.45, 7) is -0.499. The Morgan fingerprint density at radius 3 is 2.58 bits per heavy atom. The summed E-state index contributed by atoms with van der Waals surface area (Å²) in [5, 5.41) is 18.4. The SMILES string of the molecule is O=C(O)COc1cccc2c1CCC(n1nc(-c3c(-c4ccccc4)nn4ccccc34)ccc1=O)C2=O. The van der Waals surface area contributed by atoms with Crippen molar-refractivity contribution in [2.24, 2.45) is 0 Å². The molecular formula is C29H22N4O5. The Kier molecular flexibility index (Phi) is 5.80. The highest BCUT2D eigenvalue weighted by molar-refractivity contribution is 6.02. The minimum absolute atomic E-state index is 0.262. The molecule has 1 atom stereocenters. The molecule has 188 valence electrons. The highest BCUT2D eigenvalue weighted by Crippen LogP contribution is 2.36. The number of Topliss-reactive ketones (excluding diaryl/α,β-unsaturated/α-hetero) is 1. The van der Waals surface area contributed by atoms with Crippen LogP contribution in [0.1, 0.15) is 28.4 Å². The van der Waals surface area contributed by atoms with Gasteiger partial charge in [0.25, 0.3) is 5.56 Å². The molecule has 0 fully saturated rings. The van der Waals surface area contributed by atoms with Crippen LogP contribution in [0.5, 0.6) is 5.75 Å². The lowest BCUT2D eigenvalue weighted by molar-refractivity contribution is -0.139. The fourth-order valence-corrected chi connectivity index (χ4v) is 4.99. The number of carboxylic acid groups (broad SMARTS) is 1. The summed E-state index contributed by atoms with van der Waals surface area (Å²) in [7, 11) is 0. The van der Waals surface area contributed by atoms with Crippen LogP contribution >= 0.6 is 0 Å². The Morgan fingerprint density at radius 2 is 1.76 bits per heavy atom. The fraction of sp³-hybridized carbons (Fsp3) is 0.138. The van der Waals surface area contributed by atoms with E-state index in [1.807, 2.05) is 54.7 Å². The number of carbonyl (C=O) groups excluding carboxylic acids is 1. The second-order valence-corrected chi connectivity index (χ2v) is 9.00. The van der Waals surface area contributed by atoms with Crippen LogP contribution in [0.25, 0.3) is 28.0 Å². The number of nitrogens with zero attached hydrogens (tertiary/aromatic N) is 4. The van der Waals surface area contributed by atoms with Gasteiger partial charge in [0, 0.05) is 29.0 Å². The van der Waals surface area contributed by atoms with Crippen LogP contribution in [0.15, 0.2) is 89.9 Å². The molecule has 1 aliphatic rings. The molecule has 0 aliphatic heterocycles. The first kappa shape index (κ1) is 23.4. The van der Waals surface area contributed by atoms with Crippen molar-refractivity contribution in [3.05, 3.63) is 107 Å². The molecule has 1 unspecified atom stereocenters. The lowest BCUT2D eigenvalue weighted by Gasteiger charge is -2.25. The van der Waals surface area contributed by atoms with Crippen LogP contribution in [-0.4, -0.2) is 42.9 Å². The molecule has 0 amide bonds. The van der Waals surface area contributed by atoms with E-state index in [0.717, 1.165) is 22.3 Å². The molecule has 0 bridgehead atoms. The largest absolute Gasteiger partial charge is 0.482 e. The number of pyridine rings is 1. The van der Waals surface area contributed by atoms with Crippen molar-refractivity contribution in [1.82, 2.24) is 19.4 Å². The third-order valence-electron chi connectivity index (χ3n) is 6.68. The summed E-state index contributed by atoms with van der Waals surface area (Å²) in [6, 6.07) is 22.7. The number of aliphatic carboxylic acids is 1. The number of carbonyl (C=O) groups is 2. The molecule has 2 aromatic carbocycles. The van der Waals surface area contributed by atoms with Crippen LogP contribution in [-0.2, 0) is 11.2 Å². The average Bonchev–Trinajstić information content (AvgIpc) is 3.33. The van der Waals surface area contributed by atoms with Gasteiger partial charge in [-0.15, -0.1) is 0 Å². The molecule has 0 radical (unpaired) electrons. The van der Waals surface area contributed by atoms with Gasteiger partial charge in [-0.05, 0) is 37.1 Å². The smallest absolute Gasteiger partial charge is 0.341 e. The number of carboxylic acids is 1. The van der Waals surface area contributed by atoms with Gasteiger partial charge in [-0.2, -0.15) is 10.2 Å². The van der Waals surface area contributed by atoms with Crippen molar-refractivity contribution in [2.75, 3.05) is 6.61 Å². The van der Waals surface area contributed by atoms with Gasteiger partial charge in [0.05, 0.1) is 16.8 Å². The third-order valence-corrected chi connectivity index (χ3v) is 6.68. The zero-order valence-electron chi connectivity index (χ0n) is 20.2. The van der Waals surface area contributed by atoms with E-state index in [1.54, 1.807) is 28.8 Å². The van der Waals surface area contributed by atoms with Gasteiger partial charge in [0.15, 0.2) is 12.4 Å². The summed E-state index contributed by atoms with van der Waals surface area (Å²) in [5.41, 5.74) is 4.41. The van der Waals surface area contributed by atoms with Crippen LogP contribution < -0.4 is 10.3 Å². The first-order valence-electron chi connectivity index (χ1n) is 12.1. The molecule has 1 aliphatic carbocycles. The molecule has 0 spiro atoms.